The van der Waals surface area contributed by atoms with Crippen molar-refractivity contribution in [2.45, 2.75) is 145 Å². The Labute approximate surface area is 264 Å². The molecule has 44 heavy (non-hydrogen) atoms. The van der Waals surface area contributed by atoms with E-state index in [2.05, 4.69) is 0 Å². The van der Waals surface area contributed by atoms with E-state index in [9.17, 15) is 30.6 Å². The zero-order valence-electron chi connectivity index (χ0n) is 25.2. The van der Waals surface area contributed by atoms with Crippen molar-refractivity contribution >= 4 is 0 Å². The van der Waals surface area contributed by atoms with Crippen molar-refractivity contribution in [1.29, 1.82) is 0 Å². The minimum atomic E-state index is -1.05. The predicted molar refractivity (Wildman–Crippen MR) is 164 cm³/mol. The highest BCUT2D eigenvalue weighted by Crippen LogP contribution is 2.28. The quantitative estimate of drug-likeness (QED) is 0.176. The number of ether oxygens (including phenoxy) is 6. The van der Waals surface area contributed by atoms with Gasteiger partial charge in [-0.15, -0.1) is 0 Å². The fourth-order valence-corrected chi connectivity index (χ4v) is 4.65. The Hall–Kier alpha value is -0.560. The Bertz CT molecular complexity index is 686. The molecule has 0 spiro atoms. The second kappa shape index (κ2) is 23.7. The Kier molecular flexibility index (Phi) is 25.8. The van der Waals surface area contributed by atoms with Gasteiger partial charge in [0.1, 0.15) is 18.3 Å². The zero-order chi connectivity index (χ0) is 31.4. The first-order chi connectivity index (χ1) is 19.3. The van der Waals surface area contributed by atoms with E-state index in [1.165, 1.54) is 0 Å². The van der Waals surface area contributed by atoms with Gasteiger partial charge in [-0.25, -0.2) is 0 Å². The van der Waals surface area contributed by atoms with Crippen molar-refractivity contribution in [3.8, 4) is 0 Å². The lowest BCUT2D eigenvalue weighted by molar-refractivity contribution is -0.286. The number of aliphatic hydroxyl groups is 8. The molecule has 3 fully saturated rings. The largest absolute Gasteiger partial charge is 0.396 e. The highest BCUT2D eigenvalue weighted by atomic mass is 16.7. The van der Waals surface area contributed by atoms with E-state index < -0.39 is 73.6 Å². The highest BCUT2D eigenvalue weighted by Gasteiger charge is 2.44. The molecule has 3 aliphatic rings. The summed E-state index contributed by atoms with van der Waals surface area (Å²) in [6, 6.07) is 0. The van der Waals surface area contributed by atoms with Crippen LogP contribution in [0.5, 0.6) is 0 Å². The Morgan fingerprint density at radius 2 is 0.886 bits per heavy atom. The lowest BCUT2D eigenvalue weighted by Crippen LogP contribution is -2.55. The summed E-state index contributed by atoms with van der Waals surface area (Å²) in [6.07, 6.45) is -8.86. The van der Waals surface area contributed by atoms with Gasteiger partial charge in [0.05, 0.1) is 55.8 Å². The van der Waals surface area contributed by atoms with Crippen molar-refractivity contribution in [3.63, 3.8) is 0 Å². The Morgan fingerprint density at radius 3 is 1.32 bits per heavy atom. The molecule has 14 nitrogen and oxygen atoms in total. The predicted octanol–water partition coefficient (Wildman–Crippen LogP) is 0.230. The molecule has 3 saturated heterocycles. The fraction of sp³-hybridized carbons (Fsp3) is 1.00. The van der Waals surface area contributed by atoms with Crippen LogP contribution in [0.15, 0.2) is 0 Å². The van der Waals surface area contributed by atoms with Gasteiger partial charge >= 0.3 is 0 Å². The van der Waals surface area contributed by atoms with E-state index in [0.29, 0.717) is 19.8 Å². The van der Waals surface area contributed by atoms with E-state index in [0.717, 1.165) is 0 Å². The third-order valence-electron chi connectivity index (χ3n) is 7.67. The van der Waals surface area contributed by atoms with Gasteiger partial charge in [0.15, 0.2) is 18.9 Å². The molecule has 15 unspecified atom stereocenters. The first kappa shape index (κ1) is 47.8. The van der Waals surface area contributed by atoms with Gasteiger partial charge in [-0.3, -0.25) is 0 Å². The molecular formula is C30H66O14. The first-order valence-electron chi connectivity index (χ1n) is 14.4. The van der Waals surface area contributed by atoms with Gasteiger partial charge in [-0.2, -0.15) is 0 Å². The highest BCUT2D eigenvalue weighted by molar-refractivity contribution is 4.88. The second-order valence-electron chi connectivity index (χ2n) is 10.5. The van der Waals surface area contributed by atoms with Crippen LogP contribution in [0.25, 0.3) is 0 Å². The van der Waals surface area contributed by atoms with Crippen LogP contribution in [0.2, 0.25) is 0 Å². The SMILES string of the molecule is C.C.C.CCOC1OC(C)C(C)C(O)C1O.CCOC1OC(C)C(O)C(O)C1CO.CCOC1OC(CO)C(C)C(O)C1O. The lowest BCUT2D eigenvalue weighted by atomic mass is 9.91. The normalized spacial score (nSPS) is 41.7. The van der Waals surface area contributed by atoms with Crippen molar-refractivity contribution in [3.05, 3.63) is 0 Å². The minimum absolute atomic E-state index is 0. The first-order valence-corrected chi connectivity index (χ1v) is 14.4. The van der Waals surface area contributed by atoms with Crippen LogP contribution in [0, 0.1) is 17.8 Å². The molecule has 8 N–H and O–H groups in total. The molecule has 0 bridgehead atoms. The average molecular weight is 651 g/mol. The molecule has 270 valence electrons. The molecule has 0 aromatic heterocycles. The van der Waals surface area contributed by atoms with Crippen LogP contribution in [-0.4, -0.2) is 148 Å². The van der Waals surface area contributed by atoms with E-state index in [4.69, 9.17) is 38.6 Å². The van der Waals surface area contributed by atoms with Gasteiger partial charge in [0.25, 0.3) is 0 Å². The number of hydrogen-bond donors (Lipinski definition) is 8. The van der Waals surface area contributed by atoms with Crippen LogP contribution in [0.3, 0.4) is 0 Å². The van der Waals surface area contributed by atoms with Crippen LogP contribution < -0.4 is 0 Å². The summed E-state index contributed by atoms with van der Waals surface area (Å²) in [5, 5.41) is 75.5. The fourth-order valence-electron chi connectivity index (χ4n) is 4.65. The molecule has 3 rings (SSSR count). The maximum absolute atomic E-state index is 9.63. The second-order valence-corrected chi connectivity index (χ2v) is 10.5. The molecule has 0 aromatic rings. The summed E-state index contributed by atoms with van der Waals surface area (Å²) in [5.41, 5.74) is 0. The molecular weight excluding hydrogens is 584 g/mol. The summed E-state index contributed by atoms with van der Waals surface area (Å²) in [4.78, 5) is 0. The summed E-state index contributed by atoms with van der Waals surface area (Å²) < 4.78 is 31.5. The van der Waals surface area contributed by atoms with Crippen LogP contribution >= 0.6 is 0 Å². The Morgan fingerprint density at radius 1 is 0.477 bits per heavy atom. The number of aliphatic hydroxyl groups excluding tert-OH is 8. The molecule has 3 aliphatic heterocycles. The van der Waals surface area contributed by atoms with E-state index >= 15 is 0 Å². The molecule has 3 heterocycles. The topological polar surface area (TPSA) is 217 Å². The van der Waals surface area contributed by atoms with Crippen LogP contribution in [-0.2, 0) is 28.4 Å². The van der Waals surface area contributed by atoms with Gasteiger partial charge in [0, 0.05) is 31.7 Å². The maximum Gasteiger partial charge on any atom is 0.186 e. The molecule has 0 aromatic carbocycles. The van der Waals surface area contributed by atoms with E-state index in [1.807, 2.05) is 20.8 Å². The van der Waals surface area contributed by atoms with Gasteiger partial charge in [-0.05, 0) is 34.6 Å². The zero-order valence-corrected chi connectivity index (χ0v) is 25.2. The van der Waals surface area contributed by atoms with E-state index in [-0.39, 0.29) is 53.4 Å². The van der Waals surface area contributed by atoms with Gasteiger partial charge in [0.2, 0.25) is 0 Å². The molecule has 15 atom stereocenters. The monoisotopic (exact) mass is 650 g/mol. The molecule has 0 saturated carbocycles. The van der Waals surface area contributed by atoms with Crippen molar-refractivity contribution in [1.82, 2.24) is 0 Å². The third kappa shape index (κ3) is 12.9. The molecule has 0 radical (unpaired) electrons. The van der Waals surface area contributed by atoms with Crippen molar-refractivity contribution < 1.29 is 69.3 Å². The molecule has 0 aliphatic carbocycles. The van der Waals surface area contributed by atoms with E-state index in [1.54, 1.807) is 27.7 Å². The number of rotatable bonds is 8. The summed E-state index contributed by atoms with van der Waals surface area (Å²) in [7, 11) is 0. The molecule has 14 heteroatoms. The van der Waals surface area contributed by atoms with Gasteiger partial charge < -0.3 is 69.3 Å². The summed E-state index contributed by atoms with van der Waals surface area (Å²) in [6.45, 7) is 13.3. The Balaban J connectivity index is -0.000000555. The van der Waals surface area contributed by atoms with Crippen molar-refractivity contribution in [2.24, 2.45) is 17.8 Å². The van der Waals surface area contributed by atoms with Crippen molar-refractivity contribution in [2.75, 3.05) is 33.0 Å². The molecule has 0 amide bonds. The average Bonchev–Trinajstić information content (AvgIpc) is 2.95. The smallest absolute Gasteiger partial charge is 0.186 e. The summed E-state index contributed by atoms with van der Waals surface area (Å²) in [5.74, 6) is -0.945. The maximum atomic E-state index is 9.63. The lowest BCUT2D eigenvalue weighted by Gasteiger charge is -2.40. The standard InChI is InChI=1S/2C9H18O5.C9H18O4.3CH4/c1-3-13-9-6(4-10)8(12)7(11)5(2)14-9;1-3-13-9-8(12)7(11)5(2)6(4-10)14-9;1-4-12-9-8(11)7(10)5(2)6(3)13-9;;;/h2*5-12H,3-4H2,1-2H3;5-11H,4H2,1-3H3;3*1H4. The van der Waals surface area contributed by atoms with Gasteiger partial charge in [-0.1, -0.05) is 36.1 Å². The minimum Gasteiger partial charge on any atom is -0.396 e. The van der Waals surface area contributed by atoms with Crippen LogP contribution in [0.1, 0.15) is 70.7 Å². The third-order valence-corrected chi connectivity index (χ3v) is 7.67. The van der Waals surface area contributed by atoms with Crippen LogP contribution in [0.4, 0.5) is 0 Å². The summed E-state index contributed by atoms with van der Waals surface area (Å²) >= 11 is 0. The number of hydrogen-bond acceptors (Lipinski definition) is 14.